The maximum atomic E-state index is 15.1. The molecular formula is C36H51FN2O3Si. The second-order valence-corrected chi connectivity index (χ2v) is 20.4. The maximum Gasteiger partial charge on any atom is 0.410 e. The van der Waals surface area contributed by atoms with Crippen molar-refractivity contribution >= 4 is 20.0 Å². The minimum absolute atomic E-state index is 0.0611. The topological polar surface area (TPSA) is 42.0 Å². The van der Waals surface area contributed by atoms with Crippen LogP contribution in [0.5, 0.6) is 0 Å². The van der Waals surface area contributed by atoms with E-state index in [1.807, 2.05) is 37.8 Å². The summed E-state index contributed by atoms with van der Waals surface area (Å²) in [5.41, 5.74) is 6.95. The van der Waals surface area contributed by atoms with Crippen LogP contribution in [-0.4, -0.2) is 62.1 Å². The lowest BCUT2D eigenvalue weighted by atomic mass is 9.66. The first-order valence-electron chi connectivity index (χ1n) is 15.9. The lowest BCUT2D eigenvalue weighted by molar-refractivity contribution is 0.00730. The summed E-state index contributed by atoms with van der Waals surface area (Å²) in [6.45, 7) is 22.6. The molecule has 1 fully saturated rings. The molecule has 3 aliphatic rings. The van der Waals surface area contributed by atoms with Gasteiger partial charge in [0.05, 0.1) is 12.6 Å². The summed E-state index contributed by atoms with van der Waals surface area (Å²) in [6.07, 6.45) is 2.35. The Labute approximate surface area is 259 Å². The number of benzene rings is 2. The monoisotopic (exact) mass is 606 g/mol. The van der Waals surface area contributed by atoms with Crippen molar-refractivity contribution in [2.45, 2.75) is 104 Å². The highest BCUT2D eigenvalue weighted by molar-refractivity contribution is 6.74. The lowest BCUT2D eigenvalue weighted by Gasteiger charge is -2.52. The summed E-state index contributed by atoms with van der Waals surface area (Å²) >= 11 is 0. The highest BCUT2D eigenvalue weighted by Gasteiger charge is 2.51. The molecule has 1 atom stereocenters. The van der Waals surface area contributed by atoms with Crippen molar-refractivity contribution in [2.75, 3.05) is 26.2 Å². The molecule has 0 saturated carbocycles. The first-order valence-corrected chi connectivity index (χ1v) is 18.8. The highest BCUT2D eigenvalue weighted by Crippen LogP contribution is 2.55. The number of rotatable bonds is 5. The molecule has 2 aromatic rings. The number of carbonyl (C=O) groups is 1. The van der Waals surface area contributed by atoms with Gasteiger partial charge in [0.1, 0.15) is 11.4 Å². The molecule has 1 aliphatic carbocycles. The maximum absolute atomic E-state index is 15.1. The zero-order valence-corrected chi connectivity index (χ0v) is 28.8. The van der Waals surface area contributed by atoms with Crippen molar-refractivity contribution in [1.29, 1.82) is 0 Å². The SMILES string of the molecule is Cc1ccc2c(c1)CC1=C2C2(CCN(C(=O)OC(C)(C)C)CC2)CN(Cc2ccccc2F)[C@H]1CO[Si](C)(C)C(C)(C)C. The van der Waals surface area contributed by atoms with Crippen LogP contribution in [0.4, 0.5) is 9.18 Å². The van der Waals surface area contributed by atoms with Crippen LogP contribution in [0.3, 0.4) is 0 Å². The zero-order chi connectivity index (χ0) is 31.4. The summed E-state index contributed by atoms with van der Waals surface area (Å²) in [4.78, 5) is 17.4. The van der Waals surface area contributed by atoms with Crippen LogP contribution in [0.2, 0.25) is 18.1 Å². The molecule has 1 spiro atoms. The average molecular weight is 607 g/mol. The predicted molar refractivity (Wildman–Crippen MR) is 175 cm³/mol. The van der Waals surface area contributed by atoms with Gasteiger partial charge >= 0.3 is 6.09 Å². The molecule has 1 saturated heterocycles. The van der Waals surface area contributed by atoms with Crippen LogP contribution in [0, 0.1) is 18.2 Å². The van der Waals surface area contributed by atoms with Gasteiger partial charge in [-0.1, -0.05) is 62.7 Å². The molecule has 0 radical (unpaired) electrons. The van der Waals surface area contributed by atoms with E-state index >= 15 is 4.39 Å². The molecule has 0 bridgehead atoms. The molecular weight excluding hydrogens is 555 g/mol. The van der Waals surface area contributed by atoms with Gasteiger partial charge in [0, 0.05) is 37.2 Å². The van der Waals surface area contributed by atoms with Crippen LogP contribution in [-0.2, 0) is 22.1 Å². The number of amides is 1. The standard InChI is InChI=1S/C36H51FN2O3Si/c1-25-14-15-28-27(20-25)21-29-31(23-41-43(8,9)35(5,6)7)39(22-26-12-10-11-13-30(26)37)24-36(32(28)29)16-18-38(19-17-36)33(40)42-34(2,3)4/h10-15,20,31H,16-19,21-24H2,1-9H3/t31-/m0/s1. The second-order valence-electron chi connectivity index (χ2n) is 15.6. The third-order valence-corrected chi connectivity index (χ3v) is 14.7. The molecule has 2 aromatic carbocycles. The van der Waals surface area contributed by atoms with Crippen molar-refractivity contribution < 1.29 is 18.3 Å². The molecule has 0 N–H and O–H groups in total. The van der Waals surface area contributed by atoms with E-state index in [0.717, 1.165) is 31.4 Å². The van der Waals surface area contributed by atoms with E-state index in [-0.39, 0.29) is 28.4 Å². The Morgan fingerprint density at radius 1 is 1.05 bits per heavy atom. The Balaban J connectivity index is 1.55. The number of carbonyl (C=O) groups excluding carboxylic acids is 1. The largest absolute Gasteiger partial charge is 0.444 e. The van der Waals surface area contributed by atoms with Crippen molar-refractivity contribution in [3.63, 3.8) is 0 Å². The van der Waals surface area contributed by atoms with Gasteiger partial charge in [-0.25, -0.2) is 9.18 Å². The Morgan fingerprint density at radius 3 is 2.35 bits per heavy atom. The molecule has 5 rings (SSSR count). The third-order valence-electron chi connectivity index (χ3n) is 10.2. The van der Waals surface area contributed by atoms with Crippen molar-refractivity contribution in [2.24, 2.45) is 5.41 Å². The Kier molecular flexibility index (Phi) is 8.51. The Hall–Kier alpha value is -2.48. The van der Waals surface area contributed by atoms with E-state index in [1.165, 1.54) is 27.8 Å². The number of hydrogen-bond acceptors (Lipinski definition) is 4. The average Bonchev–Trinajstić information content (AvgIpc) is 3.28. The van der Waals surface area contributed by atoms with Gasteiger partial charge in [0.15, 0.2) is 8.32 Å². The summed E-state index contributed by atoms with van der Waals surface area (Å²) in [5.74, 6) is -0.162. The van der Waals surface area contributed by atoms with Gasteiger partial charge in [-0.3, -0.25) is 4.90 Å². The first-order chi connectivity index (χ1) is 20.0. The minimum Gasteiger partial charge on any atom is -0.444 e. The van der Waals surface area contributed by atoms with Gasteiger partial charge in [-0.2, -0.15) is 0 Å². The molecule has 2 heterocycles. The highest BCUT2D eigenvalue weighted by atomic mass is 28.4. The van der Waals surface area contributed by atoms with Crippen LogP contribution in [0.25, 0.3) is 5.57 Å². The van der Waals surface area contributed by atoms with E-state index in [4.69, 9.17) is 9.16 Å². The molecule has 43 heavy (non-hydrogen) atoms. The van der Waals surface area contributed by atoms with Gasteiger partial charge in [-0.15, -0.1) is 0 Å². The Bertz CT molecular complexity index is 1400. The predicted octanol–water partition coefficient (Wildman–Crippen LogP) is 8.37. The van der Waals surface area contributed by atoms with Crippen molar-refractivity contribution in [3.05, 3.63) is 76.1 Å². The first kappa shape index (κ1) is 31.9. The minimum atomic E-state index is -2.03. The summed E-state index contributed by atoms with van der Waals surface area (Å²) in [5, 5.41) is 0.0979. The number of piperidine rings is 1. The van der Waals surface area contributed by atoms with E-state index in [2.05, 4.69) is 63.9 Å². The van der Waals surface area contributed by atoms with E-state index in [9.17, 15) is 4.79 Å². The third kappa shape index (κ3) is 6.50. The summed E-state index contributed by atoms with van der Waals surface area (Å²) in [7, 11) is -2.03. The Morgan fingerprint density at radius 2 is 1.72 bits per heavy atom. The molecule has 7 heteroatoms. The van der Waals surface area contributed by atoms with Crippen LogP contribution in [0.15, 0.2) is 48.0 Å². The van der Waals surface area contributed by atoms with E-state index < -0.39 is 13.9 Å². The molecule has 234 valence electrons. The fraction of sp³-hybridized carbons (Fsp3) is 0.583. The molecule has 1 amide bonds. The second kappa shape index (κ2) is 11.5. The summed E-state index contributed by atoms with van der Waals surface area (Å²) < 4.78 is 27.8. The normalized spacial score (nSPS) is 20.8. The fourth-order valence-corrected chi connectivity index (χ4v) is 7.87. The zero-order valence-electron chi connectivity index (χ0n) is 27.8. The van der Waals surface area contributed by atoms with Crippen LogP contribution < -0.4 is 0 Å². The quantitative estimate of drug-likeness (QED) is 0.321. The van der Waals surface area contributed by atoms with Gasteiger partial charge in [0.25, 0.3) is 0 Å². The van der Waals surface area contributed by atoms with Crippen LogP contribution in [0.1, 0.15) is 76.6 Å². The molecule has 0 unspecified atom stereocenters. The molecule has 5 nitrogen and oxygen atoms in total. The van der Waals surface area contributed by atoms with Gasteiger partial charge in [-0.05, 0) is 93.4 Å². The number of ether oxygens (including phenoxy) is 1. The van der Waals surface area contributed by atoms with E-state index in [0.29, 0.717) is 26.2 Å². The summed E-state index contributed by atoms with van der Waals surface area (Å²) in [6, 6.07) is 14.1. The fourth-order valence-electron chi connectivity index (χ4n) is 6.86. The number of halogens is 1. The lowest BCUT2D eigenvalue weighted by Crippen LogP contribution is -2.56. The number of fused-ring (bicyclic) bond motifs is 3. The van der Waals surface area contributed by atoms with Crippen LogP contribution >= 0.6 is 0 Å². The van der Waals surface area contributed by atoms with Crippen molar-refractivity contribution in [3.8, 4) is 0 Å². The van der Waals surface area contributed by atoms with Gasteiger partial charge < -0.3 is 14.1 Å². The van der Waals surface area contributed by atoms with E-state index in [1.54, 1.807) is 12.1 Å². The number of likely N-dealkylation sites (tertiary alicyclic amines) is 1. The number of hydrogen-bond donors (Lipinski definition) is 0. The molecule has 2 aliphatic heterocycles. The smallest absolute Gasteiger partial charge is 0.410 e. The van der Waals surface area contributed by atoms with Gasteiger partial charge in [0.2, 0.25) is 0 Å². The number of aryl methyl sites for hydroxylation is 1. The van der Waals surface area contributed by atoms with Crippen molar-refractivity contribution in [1.82, 2.24) is 9.80 Å². The molecule has 0 aromatic heterocycles. The number of nitrogens with zero attached hydrogens (tertiary/aromatic N) is 2.